The van der Waals surface area contributed by atoms with Gasteiger partial charge in [0.2, 0.25) is 0 Å². The molecule has 2 rings (SSSR count). The van der Waals surface area contributed by atoms with Crippen molar-refractivity contribution in [3.8, 4) is 11.5 Å². The number of carbonyl (C=O) groups is 2. The second-order valence-corrected chi connectivity index (χ2v) is 5.58. The van der Waals surface area contributed by atoms with Gasteiger partial charge >= 0.3 is 0 Å². The largest absolute Gasteiger partial charge is 0.504 e. The number of phenols is 1. The molecular formula is C11H8INO4S. The maximum absolute atomic E-state index is 11.4. The summed E-state index contributed by atoms with van der Waals surface area (Å²) >= 11 is 2.81. The van der Waals surface area contributed by atoms with Crippen LogP contribution in [0.4, 0.5) is 4.79 Å². The Morgan fingerprint density at radius 2 is 2.17 bits per heavy atom. The number of hydrogen-bond donors (Lipinski definition) is 2. The Kier molecular flexibility index (Phi) is 3.81. The molecule has 2 amide bonds. The average Bonchev–Trinajstić information content (AvgIpc) is 2.62. The number of phenolic OH excluding ortho intramolecular Hbond substituents is 1. The Hall–Kier alpha value is -1.22. The molecule has 0 unspecified atom stereocenters. The molecule has 1 aromatic carbocycles. The fraction of sp³-hybridized carbons (Fsp3) is 0.0909. The number of halogens is 1. The molecule has 7 heteroatoms. The second kappa shape index (κ2) is 5.19. The number of thioether (sulfide) groups is 1. The molecule has 18 heavy (non-hydrogen) atoms. The van der Waals surface area contributed by atoms with E-state index in [-0.39, 0.29) is 11.0 Å². The van der Waals surface area contributed by atoms with E-state index < -0.39 is 5.91 Å². The number of methoxy groups -OCH3 is 1. The summed E-state index contributed by atoms with van der Waals surface area (Å²) in [6, 6.07) is 3.29. The van der Waals surface area contributed by atoms with Crippen LogP contribution in [0.2, 0.25) is 0 Å². The van der Waals surface area contributed by atoms with Crippen molar-refractivity contribution in [2.24, 2.45) is 0 Å². The highest BCUT2D eigenvalue weighted by atomic mass is 127. The highest BCUT2D eigenvalue weighted by Gasteiger charge is 2.25. The van der Waals surface area contributed by atoms with E-state index in [1.165, 1.54) is 7.11 Å². The molecule has 0 radical (unpaired) electrons. The number of ether oxygens (including phenoxy) is 1. The quantitative estimate of drug-likeness (QED) is 0.611. The predicted octanol–water partition coefficient (Wildman–Crippen LogP) is 2.33. The minimum atomic E-state index is -0.410. The van der Waals surface area contributed by atoms with E-state index in [0.29, 0.717) is 19.8 Å². The maximum Gasteiger partial charge on any atom is 0.290 e. The third kappa shape index (κ3) is 2.61. The third-order valence-corrected chi connectivity index (χ3v) is 3.84. The monoisotopic (exact) mass is 377 g/mol. The first-order valence-corrected chi connectivity index (χ1v) is 6.72. The summed E-state index contributed by atoms with van der Waals surface area (Å²) in [5.41, 5.74) is 0.682. The van der Waals surface area contributed by atoms with Crippen LogP contribution in [0.15, 0.2) is 17.0 Å². The Balaban J connectivity index is 2.41. The molecule has 5 nitrogen and oxygen atoms in total. The number of aromatic hydroxyl groups is 1. The smallest absolute Gasteiger partial charge is 0.290 e. The van der Waals surface area contributed by atoms with Gasteiger partial charge in [-0.1, -0.05) is 0 Å². The van der Waals surface area contributed by atoms with Crippen LogP contribution in [0, 0.1) is 3.57 Å². The van der Waals surface area contributed by atoms with Crippen molar-refractivity contribution in [3.05, 3.63) is 26.2 Å². The molecule has 1 saturated heterocycles. The minimum absolute atomic E-state index is 0.0554. The van der Waals surface area contributed by atoms with Crippen LogP contribution in [0.5, 0.6) is 11.5 Å². The summed E-state index contributed by atoms with van der Waals surface area (Å²) in [6.07, 6.45) is 1.58. The molecule has 2 N–H and O–H groups in total. The number of benzene rings is 1. The van der Waals surface area contributed by atoms with E-state index in [1.807, 2.05) is 22.6 Å². The molecule has 1 fully saturated rings. The Morgan fingerprint density at radius 1 is 1.44 bits per heavy atom. The lowest BCUT2D eigenvalue weighted by molar-refractivity contribution is -0.115. The van der Waals surface area contributed by atoms with E-state index in [1.54, 1.807) is 18.2 Å². The summed E-state index contributed by atoms with van der Waals surface area (Å²) in [7, 11) is 1.45. The van der Waals surface area contributed by atoms with E-state index in [0.717, 1.165) is 11.8 Å². The van der Waals surface area contributed by atoms with Crippen molar-refractivity contribution in [2.75, 3.05) is 7.11 Å². The zero-order valence-electron chi connectivity index (χ0n) is 9.19. The first kappa shape index (κ1) is 13.2. The Morgan fingerprint density at radius 3 is 2.72 bits per heavy atom. The van der Waals surface area contributed by atoms with Crippen LogP contribution >= 0.6 is 34.4 Å². The van der Waals surface area contributed by atoms with Gasteiger partial charge in [0, 0.05) is 0 Å². The molecule has 0 bridgehead atoms. The second-order valence-electron chi connectivity index (χ2n) is 3.41. The number of nitrogens with one attached hydrogen (secondary N) is 1. The van der Waals surface area contributed by atoms with Crippen molar-refractivity contribution in [2.45, 2.75) is 0 Å². The number of carbonyl (C=O) groups excluding carboxylic acids is 2. The molecular weight excluding hydrogens is 369 g/mol. The fourth-order valence-electron chi connectivity index (χ4n) is 1.41. The molecule has 1 aromatic rings. The predicted molar refractivity (Wildman–Crippen MR) is 76.5 cm³/mol. The van der Waals surface area contributed by atoms with Crippen molar-refractivity contribution in [3.63, 3.8) is 0 Å². The van der Waals surface area contributed by atoms with Gasteiger partial charge in [0.05, 0.1) is 15.6 Å². The summed E-state index contributed by atoms with van der Waals surface area (Å²) < 4.78 is 5.63. The fourth-order valence-corrected chi connectivity index (χ4v) is 2.71. The lowest BCUT2D eigenvalue weighted by Gasteiger charge is -2.06. The van der Waals surface area contributed by atoms with Gasteiger partial charge in [-0.3, -0.25) is 14.9 Å². The minimum Gasteiger partial charge on any atom is -0.504 e. The molecule has 0 saturated carbocycles. The van der Waals surface area contributed by atoms with Gasteiger partial charge in [0.25, 0.3) is 11.1 Å². The van der Waals surface area contributed by atoms with Crippen LogP contribution in [0.1, 0.15) is 5.56 Å². The van der Waals surface area contributed by atoms with Gasteiger partial charge in [-0.15, -0.1) is 0 Å². The van der Waals surface area contributed by atoms with Crippen molar-refractivity contribution >= 4 is 51.6 Å². The van der Waals surface area contributed by atoms with Gasteiger partial charge in [-0.2, -0.15) is 0 Å². The van der Waals surface area contributed by atoms with E-state index >= 15 is 0 Å². The zero-order valence-corrected chi connectivity index (χ0v) is 12.2. The molecule has 1 aliphatic heterocycles. The van der Waals surface area contributed by atoms with Gasteiger partial charge < -0.3 is 9.84 Å². The Bertz CT molecular complexity index is 570. The van der Waals surface area contributed by atoms with E-state index in [2.05, 4.69) is 5.32 Å². The van der Waals surface area contributed by atoms with Crippen molar-refractivity contribution < 1.29 is 19.4 Å². The van der Waals surface area contributed by atoms with Gasteiger partial charge in [0.1, 0.15) is 0 Å². The average molecular weight is 377 g/mol. The van der Waals surface area contributed by atoms with Crippen LogP contribution < -0.4 is 10.1 Å². The topological polar surface area (TPSA) is 75.6 Å². The van der Waals surface area contributed by atoms with Crippen molar-refractivity contribution in [1.82, 2.24) is 5.32 Å². The summed E-state index contributed by atoms with van der Waals surface area (Å²) in [4.78, 5) is 22.7. The van der Waals surface area contributed by atoms with Gasteiger partial charge in [-0.05, 0) is 58.1 Å². The molecule has 0 aliphatic carbocycles. The van der Waals surface area contributed by atoms with Crippen LogP contribution in [0.25, 0.3) is 6.08 Å². The molecule has 94 valence electrons. The van der Waals surface area contributed by atoms with E-state index in [9.17, 15) is 14.7 Å². The Labute approximate surface area is 121 Å². The van der Waals surface area contributed by atoms with Crippen LogP contribution in [-0.2, 0) is 4.79 Å². The number of amides is 2. The molecule has 0 atom stereocenters. The lowest BCUT2D eigenvalue weighted by atomic mass is 10.2. The first-order chi connectivity index (χ1) is 8.51. The standard InChI is InChI=1S/C11H8INO4S/c1-17-7-3-5(2-6(12)9(7)14)4-8-10(15)13-11(16)18-8/h2-4,14H,1H3,(H,13,15,16)/b8-4-. The normalized spacial score (nSPS) is 17.1. The van der Waals surface area contributed by atoms with Crippen LogP contribution in [0.3, 0.4) is 0 Å². The summed E-state index contributed by atoms with van der Waals surface area (Å²) in [6.45, 7) is 0. The van der Waals surface area contributed by atoms with Crippen LogP contribution in [-0.4, -0.2) is 23.4 Å². The molecule has 1 aliphatic rings. The highest BCUT2D eigenvalue weighted by molar-refractivity contribution is 14.1. The molecule has 0 spiro atoms. The van der Waals surface area contributed by atoms with E-state index in [4.69, 9.17) is 4.74 Å². The lowest BCUT2D eigenvalue weighted by Crippen LogP contribution is -2.17. The summed E-state index contributed by atoms with van der Waals surface area (Å²) in [5.74, 6) is -0.0321. The highest BCUT2D eigenvalue weighted by Crippen LogP contribution is 2.34. The van der Waals surface area contributed by atoms with Gasteiger partial charge in [-0.25, -0.2) is 0 Å². The van der Waals surface area contributed by atoms with Crippen molar-refractivity contribution in [1.29, 1.82) is 0 Å². The maximum atomic E-state index is 11.4. The number of hydrogen-bond acceptors (Lipinski definition) is 5. The SMILES string of the molecule is COc1cc(/C=C2\SC(=O)NC2=O)cc(I)c1O. The third-order valence-electron chi connectivity index (χ3n) is 2.21. The molecule has 0 aromatic heterocycles. The number of imide groups is 1. The summed E-state index contributed by atoms with van der Waals surface area (Å²) in [5, 5.41) is 11.5. The molecule has 1 heterocycles. The first-order valence-electron chi connectivity index (χ1n) is 4.82. The van der Waals surface area contributed by atoms with Gasteiger partial charge in [0.15, 0.2) is 11.5 Å². The number of rotatable bonds is 2. The zero-order chi connectivity index (χ0) is 13.3.